The number of aromatic nitrogens is 2. The predicted octanol–water partition coefficient (Wildman–Crippen LogP) is 4.35. The van der Waals surface area contributed by atoms with Crippen LogP contribution < -0.4 is 14.4 Å². The van der Waals surface area contributed by atoms with E-state index in [4.69, 9.17) is 9.47 Å². The number of carbonyl (C=O) groups is 2. The lowest BCUT2D eigenvalue weighted by molar-refractivity contribution is -0.884. The molecule has 1 amide bonds. The van der Waals surface area contributed by atoms with Crippen LogP contribution in [0.25, 0.3) is 0 Å². The molecule has 0 saturated carbocycles. The van der Waals surface area contributed by atoms with E-state index in [1.165, 1.54) is 5.56 Å². The maximum Gasteiger partial charge on any atom is 0.308 e. The van der Waals surface area contributed by atoms with Gasteiger partial charge in [-0.25, -0.2) is 9.97 Å². The van der Waals surface area contributed by atoms with Gasteiger partial charge in [0.2, 0.25) is 12.7 Å². The fraction of sp³-hybridized carbons (Fsp3) is 0.471. The second-order valence-corrected chi connectivity index (χ2v) is 12.8. The molecular weight excluding hydrogens is 558 g/mol. The van der Waals surface area contributed by atoms with Gasteiger partial charge in [-0.2, -0.15) is 0 Å². The standard InChI is InChI=1S/C34H43N5O5/c1-5-6-17-38(26-10-7-9-24(18-26)22-39(2,3)4)32(40)21-37-20-27(25-11-13-29-30(19-25)44-23-43-29)33(34(41)42)28(37)12-14-31-35-15-8-16-36-31/h7-11,13,15-16,18-19,27-28,33H,5-6,12,14,17,20-23H2,1-4H3/p+1/t27-,28+,33?/m1/s1. The number of aryl methyl sites for hydroxylation is 1. The summed E-state index contributed by atoms with van der Waals surface area (Å²) in [7, 11) is 6.45. The first-order valence-electron chi connectivity index (χ1n) is 15.4. The van der Waals surface area contributed by atoms with Crippen LogP contribution in [0.5, 0.6) is 11.5 Å². The minimum absolute atomic E-state index is 0.0303. The SMILES string of the molecule is CCCCN(C(=O)CN1C[C@H](c2ccc3c(c2)OCO3)C(C(=O)O)[C@@H]1CCc1ncccn1)c1cccc(C[N+](C)(C)C)c1. The number of fused-ring (bicyclic) bond motifs is 1. The molecule has 0 bridgehead atoms. The summed E-state index contributed by atoms with van der Waals surface area (Å²) in [6.45, 7) is 4.27. The number of ether oxygens (including phenoxy) is 2. The first-order chi connectivity index (χ1) is 21.1. The van der Waals surface area contributed by atoms with Gasteiger partial charge in [0.1, 0.15) is 12.4 Å². The largest absolute Gasteiger partial charge is 0.481 e. The number of hydrogen-bond acceptors (Lipinski definition) is 7. The van der Waals surface area contributed by atoms with Gasteiger partial charge in [0.05, 0.1) is 33.6 Å². The van der Waals surface area contributed by atoms with Crippen LogP contribution in [0.15, 0.2) is 60.9 Å². The van der Waals surface area contributed by atoms with E-state index in [1.807, 2.05) is 35.2 Å². The summed E-state index contributed by atoms with van der Waals surface area (Å²) in [4.78, 5) is 39.7. The Kier molecular flexibility index (Phi) is 9.80. The topological polar surface area (TPSA) is 105 Å². The van der Waals surface area contributed by atoms with E-state index in [0.29, 0.717) is 43.3 Å². The third kappa shape index (κ3) is 7.54. The number of nitrogens with zero attached hydrogens (tertiary/aromatic N) is 5. The van der Waals surface area contributed by atoms with Crippen molar-refractivity contribution in [2.75, 3.05) is 52.5 Å². The normalized spacial score (nSPS) is 19.7. The van der Waals surface area contributed by atoms with Gasteiger partial charge >= 0.3 is 5.97 Å². The number of quaternary nitrogens is 1. The molecule has 1 saturated heterocycles. The number of hydrogen-bond donors (Lipinski definition) is 1. The molecule has 5 rings (SSSR count). The lowest BCUT2D eigenvalue weighted by atomic mass is 9.83. The molecular formula is C34H44N5O5+. The number of aliphatic carboxylic acids is 1. The van der Waals surface area contributed by atoms with Gasteiger partial charge in [0.15, 0.2) is 11.5 Å². The Morgan fingerprint density at radius 2 is 1.82 bits per heavy atom. The van der Waals surface area contributed by atoms with Crippen LogP contribution in [0.4, 0.5) is 5.69 Å². The highest BCUT2D eigenvalue weighted by Gasteiger charge is 2.47. The first-order valence-corrected chi connectivity index (χ1v) is 15.4. The molecule has 3 aromatic rings. The summed E-state index contributed by atoms with van der Waals surface area (Å²) in [6.07, 6.45) is 6.25. The van der Waals surface area contributed by atoms with Crippen molar-refractivity contribution in [3.05, 3.63) is 77.9 Å². The number of anilines is 1. The zero-order valence-electron chi connectivity index (χ0n) is 26.2. The van der Waals surface area contributed by atoms with Crippen molar-refractivity contribution < 1.29 is 28.7 Å². The molecule has 1 unspecified atom stereocenters. The second-order valence-electron chi connectivity index (χ2n) is 12.8. The number of likely N-dealkylation sites (tertiary alicyclic amines) is 1. The maximum atomic E-state index is 14.2. The molecule has 1 N–H and O–H groups in total. The van der Waals surface area contributed by atoms with Crippen LogP contribution in [0, 0.1) is 5.92 Å². The molecule has 1 fully saturated rings. The van der Waals surface area contributed by atoms with Crippen LogP contribution in [-0.4, -0.2) is 89.9 Å². The molecule has 10 heteroatoms. The summed E-state index contributed by atoms with van der Waals surface area (Å²) >= 11 is 0. The van der Waals surface area contributed by atoms with Crippen molar-refractivity contribution in [1.29, 1.82) is 0 Å². The van der Waals surface area contributed by atoms with Crippen molar-refractivity contribution in [2.24, 2.45) is 5.92 Å². The molecule has 0 spiro atoms. The number of benzene rings is 2. The van der Waals surface area contributed by atoms with Gasteiger partial charge in [0.25, 0.3) is 0 Å². The Bertz CT molecular complexity index is 1440. The Morgan fingerprint density at radius 1 is 1.05 bits per heavy atom. The van der Waals surface area contributed by atoms with E-state index in [-0.39, 0.29) is 31.2 Å². The van der Waals surface area contributed by atoms with Gasteiger partial charge < -0.3 is 24.0 Å². The fourth-order valence-electron chi connectivity index (χ4n) is 6.41. The third-order valence-electron chi connectivity index (χ3n) is 8.39. The number of rotatable bonds is 13. The molecule has 3 heterocycles. The van der Waals surface area contributed by atoms with Crippen molar-refractivity contribution >= 4 is 17.6 Å². The van der Waals surface area contributed by atoms with Crippen molar-refractivity contribution in [1.82, 2.24) is 14.9 Å². The van der Waals surface area contributed by atoms with E-state index in [1.54, 1.807) is 18.5 Å². The van der Waals surface area contributed by atoms with Crippen molar-refractivity contribution in [2.45, 2.75) is 51.1 Å². The highest BCUT2D eigenvalue weighted by Crippen LogP contribution is 2.43. The number of amides is 1. The zero-order chi connectivity index (χ0) is 31.3. The maximum absolute atomic E-state index is 14.2. The van der Waals surface area contributed by atoms with Gasteiger partial charge in [-0.15, -0.1) is 0 Å². The highest BCUT2D eigenvalue weighted by atomic mass is 16.7. The summed E-state index contributed by atoms with van der Waals surface area (Å²) in [6, 6.07) is 15.3. The minimum atomic E-state index is -0.877. The molecule has 2 aromatic carbocycles. The lowest BCUT2D eigenvalue weighted by Crippen LogP contribution is -2.44. The smallest absolute Gasteiger partial charge is 0.308 e. The molecule has 2 aliphatic rings. The lowest BCUT2D eigenvalue weighted by Gasteiger charge is -2.30. The molecule has 0 aliphatic carbocycles. The fourth-order valence-corrected chi connectivity index (χ4v) is 6.41. The monoisotopic (exact) mass is 602 g/mol. The van der Waals surface area contributed by atoms with E-state index >= 15 is 0 Å². The molecule has 2 aliphatic heterocycles. The first kappa shape index (κ1) is 31.4. The van der Waals surface area contributed by atoms with Crippen LogP contribution >= 0.6 is 0 Å². The number of carboxylic acid groups (broad SMARTS) is 1. The second kappa shape index (κ2) is 13.7. The van der Waals surface area contributed by atoms with Crippen molar-refractivity contribution in [3.8, 4) is 11.5 Å². The number of carbonyl (C=O) groups excluding carboxylic acids is 1. The zero-order valence-corrected chi connectivity index (χ0v) is 26.2. The minimum Gasteiger partial charge on any atom is -0.481 e. The van der Waals surface area contributed by atoms with Crippen molar-refractivity contribution in [3.63, 3.8) is 0 Å². The summed E-state index contributed by atoms with van der Waals surface area (Å²) in [5.41, 5.74) is 2.92. The molecule has 44 heavy (non-hydrogen) atoms. The van der Waals surface area contributed by atoms with Crippen LogP contribution in [-0.2, 0) is 22.6 Å². The summed E-state index contributed by atoms with van der Waals surface area (Å²) in [5, 5.41) is 10.6. The quantitative estimate of drug-likeness (QED) is 0.288. The van der Waals surface area contributed by atoms with Gasteiger partial charge in [-0.1, -0.05) is 31.5 Å². The van der Waals surface area contributed by atoms with Gasteiger partial charge in [-0.3, -0.25) is 14.5 Å². The molecule has 3 atom stereocenters. The third-order valence-corrected chi connectivity index (χ3v) is 8.39. The van der Waals surface area contributed by atoms with Gasteiger partial charge in [-0.05, 0) is 48.7 Å². The van der Waals surface area contributed by atoms with Crippen LogP contribution in [0.3, 0.4) is 0 Å². The predicted molar refractivity (Wildman–Crippen MR) is 168 cm³/mol. The van der Waals surface area contributed by atoms with Crippen LogP contribution in [0.1, 0.15) is 49.1 Å². The Morgan fingerprint density at radius 3 is 2.55 bits per heavy atom. The average Bonchev–Trinajstić information content (AvgIpc) is 3.60. The number of unbranched alkanes of at least 4 members (excludes halogenated alkanes) is 1. The van der Waals surface area contributed by atoms with E-state index in [2.05, 4.69) is 55.1 Å². The van der Waals surface area contributed by atoms with Gasteiger partial charge in [0, 0.05) is 55.1 Å². The van der Waals surface area contributed by atoms with E-state index in [9.17, 15) is 14.7 Å². The van der Waals surface area contributed by atoms with Crippen LogP contribution in [0.2, 0.25) is 0 Å². The summed E-state index contributed by atoms with van der Waals surface area (Å²) < 4.78 is 11.9. The average molecular weight is 603 g/mol. The summed E-state index contributed by atoms with van der Waals surface area (Å²) in [5.74, 6) is -0.0162. The highest BCUT2D eigenvalue weighted by molar-refractivity contribution is 5.95. The van der Waals surface area contributed by atoms with E-state index in [0.717, 1.165) is 35.1 Å². The van der Waals surface area contributed by atoms with E-state index < -0.39 is 11.9 Å². The Labute approximate surface area is 259 Å². The Balaban J connectivity index is 1.44. The molecule has 234 valence electrons. The number of carboxylic acids is 1. The molecule has 0 radical (unpaired) electrons. The molecule has 1 aromatic heterocycles. The Hall–Kier alpha value is -4.02. The molecule has 10 nitrogen and oxygen atoms in total.